The van der Waals surface area contributed by atoms with Gasteiger partial charge in [0, 0.05) is 29.8 Å². The third-order valence-electron chi connectivity index (χ3n) is 4.16. The van der Waals surface area contributed by atoms with E-state index in [2.05, 4.69) is 0 Å². The van der Waals surface area contributed by atoms with E-state index in [0.29, 0.717) is 24.5 Å². The zero-order valence-corrected chi connectivity index (χ0v) is 12.8. The number of carbonyl (C=O) groups is 2. The van der Waals surface area contributed by atoms with Gasteiger partial charge in [0.2, 0.25) is 5.91 Å². The Labute approximate surface area is 133 Å². The summed E-state index contributed by atoms with van der Waals surface area (Å²) in [6.07, 6.45) is 3.24. The summed E-state index contributed by atoms with van der Waals surface area (Å²) in [6, 6.07) is 7.51. The van der Waals surface area contributed by atoms with Crippen molar-refractivity contribution in [2.75, 3.05) is 13.1 Å². The summed E-state index contributed by atoms with van der Waals surface area (Å²) in [5.41, 5.74) is 0.910. The molecule has 0 saturated carbocycles. The van der Waals surface area contributed by atoms with Crippen LogP contribution in [-0.4, -0.2) is 39.5 Å². The second-order valence-electron chi connectivity index (χ2n) is 5.66. The molecule has 1 fully saturated rings. The molecule has 2 aromatic rings. The normalized spacial score (nSPS) is 18.6. The van der Waals surface area contributed by atoms with Crippen molar-refractivity contribution in [1.82, 2.24) is 9.47 Å². The fourth-order valence-corrected chi connectivity index (χ4v) is 3.11. The minimum absolute atomic E-state index is 0.0524. The van der Waals surface area contributed by atoms with Crippen molar-refractivity contribution in [2.24, 2.45) is 5.92 Å². The second-order valence-corrected chi connectivity index (χ2v) is 6.10. The minimum Gasteiger partial charge on any atom is -0.481 e. The Bertz CT molecular complexity index is 725. The van der Waals surface area contributed by atoms with Crippen LogP contribution < -0.4 is 0 Å². The number of hydrogen-bond acceptors (Lipinski definition) is 2. The quantitative estimate of drug-likeness (QED) is 0.945. The molecule has 2 heterocycles. The molecule has 1 atom stereocenters. The number of fused-ring (bicyclic) bond motifs is 1. The number of benzene rings is 1. The number of rotatable bonds is 3. The van der Waals surface area contributed by atoms with Gasteiger partial charge in [0.25, 0.3) is 0 Å². The Hall–Kier alpha value is -2.01. The van der Waals surface area contributed by atoms with Gasteiger partial charge < -0.3 is 14.6 Å². The van der Waals surface area contributed by atoms with Crippen LogP contribution in [-0.2, 0) is 16.1 Å². The van der Waals surface area contributed by atoms with Gasteiger partial charge in [0.1, 0.15) is 6.54 Å². The van der Waals surface area contributed by atoms with Gasteiger partial charge in [-0.15, -0.1) is 0 Å². The van der Waals surface area contributed by atoms with Crippen molar-refractivity contribution >= 4 is 34.4 Å². The average molecular weight is 321 g/mol. The van der Waals surface area contributed by atoms with Crippen molar-refractivity contribution in [3.05, 3.63) is 35.5 Å². The van der Waals surface area contributed by atoms with Crippen LogP contribution in [0.1, 0.15) is 12.8 Å². The molecule has 1 aromatic heterocycles. The Kier molecular flexibility index (Phi) is 4.07. The first kappa shape index (κ1) is 14.9. The molecule has 0 radical (unpaired) electrons. The van der Waals surface area contributed by atoms with E-state index in [4.69, 9.17) is 16.7 Å². The van der Waals surface area contributed by atoms with Crippen molar-refractivity contribution in [3.63, 3.8) is 0 Å². The molecule has 1 N–H and O–H groups in total. The van der Waals surface area contributed by atoms with Crippen LogP contribution in [0.4, 0.5) is 0 Å². The molecule has 1 amide bonds. The number of carboxylic acid groups (broad SMARTS) is 1. The number of piperidine rings is 1. The molecule has 3 rings (SSSR count). The smallest absolute Gasteiger partial charge is 0.308 e. The highest BCUT2D eigenvalue weighted by Gasteiger charge is 2.28. The molecule has 6 heteroatoms. The predicted octanol–water partition coefficient (Wildman–Crippen LogP) is 2.62. The molecule has 1 aliphatic rings. The highest BCUT2D eigenvalue weighted by atomic mass is 35.5. The Morgan fingerprint density at radius 3 is 2.91 bits per heavy atom. The number of carbonyl (C=O) groups excluding carboxylic acids is 1. The zero-order valence-electron chi connectivity index (χ0n) is 12.0. The monoisotopic (exact) mass is 320 g/mol. The molecular formula is C16H17ClN2O3. The van der Waals surface area contributed by atoms with Gasteiger partial charge in [-0.05, 0) is 36.4 Å². The van der Waals surface area contributed by atoms with Gasteiger partial charge >= 0.3 is 5.97 Å². The number of nitrogens with zero attached hydrogens (tertiary/aromatic N) is 2. The number of hydrogen-bond donors (Lipinski definition) is 1. The van der Waals surface area contributed by atoms with E-state index in [-0.39, 0.29) is 12.5 Å². The standard InChI is InChI=1S/C16H17ClN2O3/c17-13-4-3-11-5-7-18(14(11)8-13)10-15(20)19-6-1-2-12(9-19)16(21)22/h3-5,7-8,12H,1-2,6,9-10H2,(H,21,22)/t12-/m0/s1. The molecule has 0 aliphatic carbocycles. The maximum atomic E-state index is 12.4. The van der Waals surface area contributed by atoms with Gasteiger partial charge in [0.15, 0.2) is 0 Å². The SMILES string of the molecule is O=C(O)[C@H]1CCCN(C(=O)Cn2ccc3ccc(Cl)cc32)C1. The number of likely N-dealkylation sites (tertiary alicyclic amines) is 1. The maximum Gasteiger partial charge on any atom is 0.308 e. The van der Waals surface area contributed by atoms with Crippen LogP contribution in [0.2, 0.25) is 5.02 Å². The second kappa shape index (κ2) is 6.01. The van der Waals surface area contributed by atoms with E-state index >= 15 is 0 Å². The Balaban J connectivity index is 1.75. The first-order valence-electron chi connectivity index (χ1n) is 7.29. The number of amides is 1. The van der Waals surface area contributed by atoms with E-state index < -0.39 is 11.9 Å². The topological polar surface area (TPSA) is 62.5 Å². The van der Waals surface area contributed by atoms with Crippen LogP contribution in [0.25, 0.3) is 10.9 Å². The van der Waals surface area contributed by atoms with Crippen LogP contribution in [0.15, 0.2) is 30.5 Å². The van der Waals surface area contributed by atoms with Crippen LogP contribution in [0, 0.1) is 5.92 Å². The average Bonchev–Trinajstić information content (AvgIpc) is 2.89. The highest BCUT2D eigenvalue weighted by Crippen LogP contribution is 2.22. The van der Waals surface area contributed by atoms with E-state index in [1.807, 2.05) is 35.0 Å². The molecular weight excluding hydrogens is 304 g/mol. The van der Waals surface area contributed by atoms with Gasteiger partial charge in [-0.3, -0.25) is 9.59 Å². The van der Waals surface area contributed by atoms with Crippen molar-refractivity contribution in [2.45, 2.75) is 19.4 Å². The van der Waals surface area contributed by atoms with Crippen LogP contribution >= 0.6 is 11.6 Å². The Morgan fingerprint density at radius 1 is 1.32 bits per heavy atom. The summed E-state index contributed by atoms with van der Waals surface area (Å²) in [7, 11) is 0. The first-order chi connectivity index (χ1) is 10.5. The van der Waals surface area contributed by atoms with E-state index in [1.165, 1.54) is 0 Å². The molecule has 0 bridgehead atoms. The van der Waals surface area contributed by atoms with Crippen molar-refractivity contribution in [3.8, 4) is 0 Å². The molecule has 0 spiro atoms. The minimum atomic E-state index is -0.823. The summed E-state index contributed by atoms with van der Waals surface area (Å²) in [5, 5.41) is 10.8. The third kappa shape index (κ3) is 2.95. The maximum absolute atomic E-state index is 12.4. The number of carboxylic acids is 1. The van der Waals surface area contributed by atoms with E-state index in [0.717, 1.165) is 17.3 Å². The lowest BCUT2D eigenvalue weighted by atomic mass is 9.98. The largest absolute Gasteiger partial charge is 0.481 e. The summed E-state index contributed by atoms with van der Waals surface area (Å²) in [4.78, 5) is 25.2. The molecule has 116 valence electrons. The first-order valence-corrected chi connectivity index (χ1v) is 7.67. The fourth-order valence-electron chi connectivity index (χ4n) is 2.95. The lowest BCUT2D eigenvalue weighted by Gasteiger charge is -2.30. The number of halogens is 1. The number of aromatic nitrogens is 1. The van der Waals surface area contributed by atoms with Crippen LogP contribution in [0.3, 0.4) is 0 Å². The van der Waals surface area contributed by atoms with Crippen LogP contribution in [0.5, 0.6) is 0 Å². The van der Waals surface area contributed by atoms with Gasteiger partial charge in [0.05, 0.1) is 5.92 Å². The summed E-state index contributed by atoms with van der Waals surface area (Å²) in [5.74, 6) is -1.33. The van der Waals surface area contributed by atoms with Gasteiger partial charge in [-0.1, -0.05) is 17.7 Å². The molecule has 1 aromatic carbocycles. The van der Waals surface area contributed by atoms with E-state index in [1.54, 1.807) is 4.90 Å². The molecule has 22 heavy (non-hydrogen) atoms. The lowest BCUT2D eigenvalue weighted by molar-refractivity contribution is -0.145. The highest BCUT2D eigenvalue weighted by molar-refractivity contribution is 6.31. The summed E-state index contributed by atoms with van der Waals surface area (Å²) >= 11 is 6.01. The predicted molar refractivity (Wildman–Crippen MR) is 83.9 cm³/mol. The fraction of sp³-hybridized carbons (Fsp3) is 0.375. The third-order valence-corrected chi connectivity index (χ3v) is 4.40. The van der Waals surface area contributed by atoms with Crippen molar-refractivity contribution in [1.29, 1.82) is 0 Å². The van der Waals surface area contributed by atoms with E-state index in [9.17, 15) is 9.59 Å². The molecule has 1 saturated heterocycles. The summed E-state index contributed by atoms with van der Waals surface area (Å²) in [6.45, 7) is 1.13. The lowest BCUT2D eigenvalue weighted by Crippen LogP contribution is -2.43. The van der Waals surface area contributed by atoms with Gasteiger partial charge in [-0.25, -0.2) is 0 Å². The Morgan fingerprint density at radius 2 is 2.14 bits per heavy atom. The molecule has 0 unspecified atom stereocenters. The zero-order chi connectivity index (χ0) is 15.7. The van der Waals surface area contributed by atoms with Crippen molar-refractivity contribution < 1.29 is 14.7 Å². The molecule has 5 nitrogen and oxygen atoms in total. The molecule has 1 aliphatic heterocycles. The van der Waals surface area contributed by atoms with Gasteiger partial charge in [-0.2, -0.15) is 0 Å². The summed E-state index contributed by atoms with van der Waals surface area (Å²) < 4.78 is 1.86. The number of aliphatic carboxylic acids is 1.